The monoisotopic (exact) mass is 282 g/mol. The maximum atomic E-state index is 12.4. The van der Waals surface area contributed by atoms with Crippen LogP contribution >= 0.6 is 0 Å². The SMILES string of the molecule is Cc1ccc(NC(=O)C2COc3ccccc3C2)c(N)c1. The van der Waals surface area contributed by atoms with Crippen molar-refractivity contribution in [2.24, 2.45) is 5.92 Å². The number of nitrogen functional groups attached to an aromatic ring is 1. The minimum Gasteiger partial charge on any atom is -0.492 e. The number of aryl methyl sites for hydroxylation is 1. The largest absolute Gasteiger partial charge is 0.492 e. The van der Waals surface area contributed by atoms with Gasteiger partial charge in [0.05, 0.1) is 17.3 Å². The second kappa shape index (κ2) is 5.48. The molecule has 0 aliphatic carbocycles. The molecule has 1 aliphatic heterocycles. The first kappa shape index (κ1) is 13.5. The van der Waals surface area contributed by atoms with Gasteiger partial charge in [-0.25, -0.2) is 0 Å². The van der Waals surface area contributed by atoms with Gasteiger partial charge in [0, 0.05) is 0 Å². The summed E-state index contributed by atoms with van der Waals surface area (Å²) in [6.07, 6.45) is 0.688. The van der Waals surface area contributed by atoms with Crippen molar-refractivity contribution in [2.75, 3.05) is 17.7 Å². The molecule has 2 aromatic carbocycles. The Bertz CT molecular complexity index is 682. The summed E-state index contributed by atoms with van der Waals surface area (Å²) in [5.41, 5.74) is 9.31. The summed E-state index contributed by atoms with van der Waals surface area (Å²) < 4.78 is 5.65. The first-order valence-corrected chi connectivity index (χ1v) is 7.01. The lowest BCUT2D eigenvalue weighted by molar-refractivity contribution is -0.121. The van der Waals surface area contributed by atoms with Gasteiger partial charge in [-0.05, 0) is 42.7 Å². The Morgan fingerprint density at radius 1 is 1.29 bits per heavy atom. The Morgan fingerprint density at radius 2 is 2.10 bits per heavy atom. The first-order valence-electron chi connectivity index (χ1n) is 7.01. The van der Waals surface area contributed by atoms with E-state index in [2.05, 4.69) is 5.32 Å². The number of fused-ring (bicyclic) bond motifs is 1. The Kier molecular flexibility index (Phi) is 3.52. The number of amides is 1. The number of hydrogen-bond acceptors (Lipinski definition) is 3. The zero-order chi connectivity index (χ0) is 14.8. The van der Waals surface area contributed by atoms with Crippen molar-refractivity contribution < 1.29 is 9.53 Å². The fraction of sp³-hybridized carbons (Fsp3) is 0.235. The molecule has 0 bridgehead atoms. The van der Waals surface area contributed by atoms with Crippen LogP contribution in [0, 0.1) is 12.8 Å². The van der Waals surface area contributed by atoms with Crippen molar-refractivity contribution >= 4 is 17.3 Å². The lowest BCUT2D eigenvalue weighted by Crippen LogP contribution is -2.32. The molecule has 3 rings (SSSR count). The number of rotatable bonds is 2. The van der Waals surface area contributed by atoms with E-state index >= 15 is 0 Å². The highest BCUT2D eigenvalue weighted by molar-refractivity contribution is 5.95. The number of benzene rings is 2. The molecule has 0 radical (unpaired) electrons. The second-order valence-electron chi connectivity index (χ2n) is 5.40. The molecule has 0 aromatic heterocycles. The third-order valence-electron chi connectivity index (χ3n) is 3.71. The van der Waals surface area contributed by atoms with Crippen molar-refractivity contribution in [3.8, 4) is 5.75 Å². The number of carbonyl (C=O) groups is 1. The molecule has 3 N–H and O–H groups in total. The Hall–Kier alpha value is -2.49. The predicted octanol–water partition coefficient (Wildman–Crippen LogP) is 2.77. The van der Waals surface area contributed by atoms with Crippen molar-refractivity contribution in [2.45, 2.75) is 13.3 Å². The van der Waals surface area contributed by atoms with Gasteiger partial charge in [-0.15, -0.1) is 0 Å². The van der Waals surface area contributed by atoms with E-state index in [1.165, 1.54) is 0 Å². The molecule has 1 heterocycles. The number of anilines is 2. The number of nitrogens with one attached hydrogen (secondary N) is 1. The maximum Gasteiger partial charge on any atom is 0.231 e. The van der Waals surface area contributed by atoms with Crippen LogP contribution in [0.2, 0.25) is 0 Å². The molecule has 108 valence electrons. The van der Waals surface area contributed by atoms with Crippen LogP contribution in [0.25, 0.3) is 0 Å². The smallest absolute Gasteiger partial charge is 0.231 e. The van der Waals surface area contributed by atoms with Gasteiger partial charge in [0.25, 0.3) is 0 Å². The summed E-state index contributed by atoms with van der Waals surface area (Å²) >= 11 is 0. The molecule has 0 fully saturated rings. The molecular weight excluding hydrogens is 264 g/mol. The lowest BCUT2D eigenvalue weighted by atomic mass is 9.96. The molecule has 0 saturated carbocycles. The van der Waals surface area contributed by atoms with Gasteiger partial charge >= 0.3 is 0 Å². The fourth-order valence-electron chi connectivity index (χ4n) is 2.53. The Balaban J connectivity index is 1.72. The third kappa shape index (κ3) is 2.84. The molecule has 4 nitrogen and oxygen atoms in total. The Labute approximate surface area is 123 Å². The van der Waals surface area contributed by atoms with Crippen LogP contribution in [0.1, 0.15) is 11.1 Å². The number of carbonyl (C=O) groups excluding carboxylic acids is 1. The van der Waals surface area contributed by atoms with Crippen LogP contribution in [-0.4, -0.2) is 12.5 Å². The van der Waals surface area contributed by atoms with Crippen LogP contribution in [0.4, 0.5) is 11.4 Å². The molecular formula is C17H18N2O2. The second-order valence-corrected chi connectivity index (χ2v) is 5.40. The number of hydrogen-bond donors (Lipinski definition) is 2. The summed E-state index contributed by atoms with van der Waals surface area (Å²) in [7, 11) is 0. The van der Waals surface area contributed by atoms with Crippen molar-refractivity contribution in [3.63, 3.8) is 0 Å². The molecule has 2 aromatic rings. The van der Waals surface area contributed by atoms with Crippen LogP contribution in [-0.2, 0) is 11.2 Å². The van der Waals surface area contributed by atoms with Gasteiger partial charge in [0.1, 0.15) is 12.4 Å². The van der Waals surface area contributed by atoms with Gasteiger partial charge in [-0.3, -0.25) is 4.79 Å². The third-order valence-corrected chi connectivity index (χ3v) is 3.71. The van der Waals surface area contributed by atoms with Gasteiger partial charge in [0.2, 0.25) is 5.91 Å². The van der Waals surface area contributed by atoms with Gasteiger partial charge in [-0.1, -0.05) is 24.3 Å². The fourth-order valence-corrected chi connectivity index (χ4v) is 2.53. The topological polar surface area (TPSA) is 64.3 Å². The summed E-state index contributed by atoms with van der Waals surface area (Å²) in [5.74, 6) is 0.622. The molecule has 1 atom stereocenters. The van der Waals surface area contributed by atoms with E-state index in [0.717, 1.165) is 16.9 Å². The van der Waals surface area contributed by atoms with Crippen LogP contribution in [0.15, 0.2) is 42.5 Å². The molecule has 0 spiro atoms. The highest BCUT2D eigenvalue weighted by Gasteiger charge is 2.26. The van der Waals surface area contributed by atoms with E-state index < -0.39 is 0 Å². The molecule has 21 heavy (non-hydrogen) atoms. The van der Waals surface area contributed by atoms with Crippen molar-refractivity contribution in [1.82, 2.24) is 0 Å². The average molecular weight is 282 g/mol. The minimum absolute atomic E-state index is 0.0555. The Morgan fingerprint density at radius 3 is 2.90 bits per heavy atom. The number of ether oxygens (including phenoxy) is 1. The number of para-hydroxylation sites is 1. The molecule has 1 amide bonds. The summed E-state index contributed by atoms with van der Waals surface area (Å²) in [6.45, 7) is 2.36. The molecule has 0 saturated heterocycles. The average Bonchev–Trinajstić information content (AvgIpc) is 2.49. The summed E-state index contributed by atoms with van der Waals surface area (Å²) in [6, 6.07) is 13.4. The first-order chi connectivity index (χ1) is 10.1. The normalized spacial score (nSPS) is 16.7. The molecule has 1 unspecified atom stereocenters. The lowest BCUT2D eigenvalue weighted by Gasteiger charge is -2.24. The van der Waals surface area contributed by atoms with E-state index in [0.29, 0.717) is 24.4 Å². The quantitative estimate of drug-likeness (QED) is 0.832. The van der Waals surface area contributed by atoms with E-state index in [9.17, 15) is 4.79 Å². The molecule has 4 heteroatoms. The zero-order valence-corrected chi connectivity index (χ0v) is 11.9. The summed E-state index contributed by atoms with van der Waals surface area (Å²) in [4.78, 5) is 12.4. The highest BCUT2D eigenvalue weighted by Crippen LogP contribution is 2.28. The van der Waals surface area contributed by atoms with Crippen LogP contribution < -0.4 is 15.8 Å². The predicted molar refractivity (Wildman–Crippen MR) is 83.4 cm³/mol. The zero-order valence-electron chi connectivity index (χ0n) is 11.9. The van der Waals surface area contributed by atoms with Gasteiger partial charge < -0.3 is 15.8 Å². The van der Waals surface area contributed by atoms with E-state index in [-0.39, 0.29) is 11.8 Å². The van der Waals surface area contributed by atoms with Gasteiger partial charge in [-0.2, -0.15) is 0 Å². The van der Waals surface area contributed by atoms with Crippen molar-refractivity contribution in [3.05, 3.63) is 53.6 Å². The van der Waals surface area contributed by atoms with Gasteiger partial charge in [0.15, 0.2) is 0 Å². The summed E-state index contributed by atoms with van der Waals surface area (Å²) in [5, 5.41) is 2.89. The van der Waals surface area contributed by atoms with E-state index in [1.54, 1.807) is 0 Å². The standard InChI is InChI=1S/C17H18N2O2/c1-11-6-7-15(14(18)8-11)19-17(20)13-9-12-4-2-3-5-16(12)21-10-13/h2-8,13H,9-10,18H2,1H3,(H,19,20). The maximum absolute atomic E-state index is 12.4. The van der Waals surface area contributed by atoms with Crippen LogP contribution in [0.5, 0.6) is 5.75 Å². The van der Waals surface area contributed by atoms with Crippen LogP contribution in [0.3, 0.4) is 0 Å². The molecule has 1 aliphatic rings. The number of nitrogens with two attached hydrogens (primary N) is 1. The van der Waals surface area contributed by atoms with Crippen molar-refractivity contribution in [1.29, 1.82) is 0 Å². The van der Waals surface area contributed by atoms with E-state index in [1.807, 2.05) is 49.4 Å². The highest BCUT2D eigenvalue weighted by atomic mass is 16.5. The van der Waals surface area contributed by atoms with E-state index in [4.69, 9.17) is 10.5 Å². The minimum atomic E-state index is -0.194.